The number of hydrogen-bond acceptors (Lipinski definition) is 5. The van der Waals surface area contributed by atoms with Crippen LogP contribution in [-0.4, -0.2) is 24.5 Å². The van der Waals surface area contributed by atoms with Gasteiger partial charge in [-0.25, -0.2) is 9.69 Å². The van der Waals surface area contributed by atoms with Crippen molar-refractivity contribution in [1.82, 2.24) is 5.32 Å². The van der Waals surface area contributed by atoms with Crippen LogP contribution in [0.4, 0.5) is 10.5 Å². The number of carbonyl (C=O) groups is 3. The van der Waals surface area contributed by atoms with E-state index in [9.17, 15) is 14.4 Å². The summed E-state index contributed by atoms with van der Waals surface area (Å²) in [7, 11) is 0. The predicted molar refractivity (Wildman–Crippen MR) is 141 cm³/mol. The summed E-state index contributed by atoms with van der Waals surface area (Å²) >= 11 is 3.43. The summed E-state index contributed by atoms with van der Waals surface area (Å²) in [5, 5.41) is 2.25. The van der Waals surface area contributed by atoms with Crippen molar-refractivity contribution in [3.05, 3.63) is 93.5 Å². The first-order valence-corrected chi connectivity index (χ1v) is 12.3. The van der Waals surface area contributed by atoms with Crippen molar-refractivity contribution in [2.75, 3.05) is 11.5 Å². The number of imide groups is 2. The van der Waals surface area contributed by atoms with Crippen molar-refractivity contribution in [3.8, 4) is 11.5 Å². The minimum absolute atomic E-state index is 0.181. The highest BCUT2D eigenvalue weighted by molar-refractivity contribution is 9.10. The molecule has 1 aliphatic heterocycles. The van der Waals surface area contributed by atoms with Gasteiger partial charge in [0, 0.05) is 10.0 Å². The second-order valence-corrected chi connectivity index (χ2v) is 9.17. The molecule has 8 heteroatoms. The fraction of sp³-hybridized carbons (Fsp3) is 0.179. The Kier molecular flexibility index (Phi) is 7.85. The van der Waals surface area contributed by atoms with Crippen LogP contribution in [0, 0.1) is 6.92 Å². The van der Waals surface area contributed by atoms with Crippen LogP contribution in [-0.2, 0) is 16.2 Å². The fourth-order valence-electron chi connectivity index (χ4n) is 3.57. The van der Waals surface area contributed by atoms with Gasteiger partial charge in [-0.05, 0) is 67.4 Å². The molecule has 0 saturated carbocycles. The van der Waals surface area contributed by atoms with E-state index in [-0.39, 0.29) is 5.57 Å². The second-order valence-electron chi connectivity index (χ2n) is 8.26. The molecule has 0 unspecified atom stereocenters. The number of hydrogen-bond donors (Lipinski definition) is 1. The Morgan fingerprint density at radius 3 is 2.36 bits per heavy atom. The number of barbiturate groups is 1. The summed E-state index contributed by atoms with van der Waals surface area (Å²) in [5.74, 6) is -0.376. The second kappa shape index (κ2) is 11.2. The average molecular weight is 549 g/mol. The number of urea groups is 1. The van der Waals surface area contributed by atoms with Gasteiger partial charge in [0.1, 0.15) is 23.7 Å². The van der Waals surface area contributed by atoms with Gasteiger partial charge < -0.3 is 9.47 Å². The van der Waals surface area contributed by atoms with Crippen LogP contribution in [0.2, 0.25) is 0 Å². The minimum Gasteiger partial charge on any atom is -0.494 e. The minimum atomic E-state index is -0.811. The maximum atomic E-state index is 13.3. The van der Waals surface area contributed by atoms with Gasteiger partial charge in [-0.15, -0.1) is 0 Å². The molecule has 3 aromatic carbocycles. The number of amides is 4. The van der Waals surface area contributed by atoms with Crippen molar-refractivity contribution < 1.29 is 23.9 Å². The Morgan fingerprint density at radius 1 is 0.944 bits per heavy atom. The van der Waals surface area contributed by atoms with E-state index in [0.29, 0.717) is 36.0 Å². The van der Waals surface area contributed by atoms with Crippen LogP contribution in [0.15, 0.2) is 76.8 Å². The summed E-state index contributed by atoms with van der Waals surface area (Å²) in [4.78, 5) is 39.5. The quantitative estimate of drug-likeness (QED) is 0.284. The molecule has 0 atom stereocenters. The number of aryl methyl sites for hydroxylation is 1. The zero-order valence-electron chi connectivity index (χ0n) is 19.9. The molecular weight excluding hydrogens is 524 g/mol. The van der Waals surface area contributed by atoms with Crippen LogP contribution >= 0.6 is 15.9 Å². The third-order valence-corrected chi connectivity index (χ3v) is 5.95. The molecule has 36 heavy (non-hydrogen) atoms. The smallest absolute Gasteiger partial charge is 0.335 e. The van der Waals surface area contributed by atoms with Gasteiger partial charge >= 0.3 is 6.03 Å². The van der Waals surface area contributed by atoms with E-state index in [0.717, 1.165) is 26.9 Å². The lowest BCUT2D eigenvalue weighted by Gasteiger charge is -2.26. The molecular formula is C28H25BrN2O5. The van der Waals surface area contributed by atoms with E-state index in [2.05, 4.69) is 21.2 Å². The molecule has 4 amide bonds. The number of nitrogens with zero attached hydrogens (tertiary/aromatic N) is 1. The summed E-state index contributed by atoms with van der Waals surface area (Å²) in [5.41, 5.74) is 2.80. The van der Waals surface area contributed by atoms with Crippen molar-refractivity contribution >= 4 is 45.5 Å². The molecule has 4 rings (SSSR count). The van der Waals surface area contributed by atoms with Gasteiger partial charge in [0.2, 0.25) is 0 Å². The lowest BCUT2D eigenvalue weighted by atomic mass is 10.1. The van der Waals surface area contributed by atoms with E-state index in [4.69, 9.17) is 9.47 Å². The topological polar surface area (TPSA) is 84.9 Å². The van der Waals surface area contributed by atoms with Gasteiger partial charge in [0.25, 0.3) is 11.8 Å². The Balaban J connectivity index is 1.61. The number of nitrogens with one attached hydrogen (secondary N) is 1. The SMILES string of the molecule is CCCOc1ccc(N2C(=O)NC(=O)/C(=C/c3cc(Br)ccc3OCc3ccc(C)cc3)C2=O)cc1. The highest BCUT2D eigenvalue weighted by Crippen LogP contribution is 2.29. The third kappa shape index (κ3) is 5.83. The number of benzene rings is 3. The van der Waals surface area contributed by atoms with E-state index in [1.54, 1.807) is 36.4 Å². The monoisotopic (exact) mass is 548 g/mol. The van der Waals surface area contributed by atoms with E-state index in [1.807, 2.05) is 44.2 Å². The van der Waals surface area contributed by atoms with E-state index < -0.39 is 17.8 Å². The lowest BCUT2D eigenvalue weighted by Crippen LogP contribution is -2.54. The number of anilines is 1. The zero-order chi connectivity index (χ0) is 25.7. The molecule has 1 heterocycles. The Hall–Kier alpha value is -3.91. The van der Waals surface area contributed by atoms with Gasteiger partial charge in [-0.1, -0.05) is 52.7 Å². The van der Waals surface area contributed by atoms with Crippen LogP contribution in [0.5, 0.6) is 11.5 Å². The molecule has 0 bridgehead atoms. The standard InChI is InChI=1S/C28H25BrN2O5/c1-3-14-35-23-11-9-22(10-12-23)31-27(33)24(26(32)30-28(31)34)16-20-15-21(29)8-13-25(20)36-17-19-6-4-18(2)5-7-19/h4-13,15-16H,3,14,17H2,1-2H3,(H,30,32,34)/b24-16-. The highest BCUT2D eigenvalue weighted by atomic mass is 79.9. The lowest BCUT2D eigenvalue weighted by molar-refractivity contribution is -0.122. The van der Waals surface area contributed by atoms with Gasteiger partial charge in [0.05, 0.1) is 12.3 Å². The number of carbonyl (C=O) groups excluding carboxylic acids is 3. The largest absolute Gasteiger partial charge is 0.494 e. The molecule has 3 aromatic rings. The highest BCUT2D eigenvalue weighted by Gasteiger charge is 2.37. The summed E-state index contributed by atoms with van der Waals surface area (Å²) < 4.78 is 12.3. The first kappa shape index (κ1) is 25.2. The molecule has 0 aliphatic carbocycles. The molecule has 0 spiro atoms. The summed E-state index contributed by atoms with van der Waals surface area (Å²) in [6.07, 6.45) is 2.29. The van der Waals surface area contributed by atoms with Crippen molar-refractivity contribution in [3.63, 3.8) is 0 Å². The molecule has 1 saturated heterocycles. The zero-order valence-corrected chi connectivity index (χ0v) is 21.5. The summed E-state index contributed by atoms with van der Waals surface area (Å²) in [6.45, 7) is 4.89. The maximum absolute atomic E-state index is 13.3. The van der Waals surface area contributed by atoms with Gasteiger partial charge in [-0.3, -0.25) is 14.9 Å². The molecule has 0 radical (unpaired) electrons. The third-order valence-electron chi connectivity index (χ3n) is 5.46. The van der Waals surface area contributed by atoms with Crippen LogP contribution in [0.1, 0.15) is 30.0 Å². The normalized spacial score (nSPS) is 14.7. The van der Waals surface area contributed by atoms with Gasteiger partial charge in [0.15, 0.2) is 0 Å². The number of ether oxygens (including phenoxy) is 2. The van der Waals surface area contributed by atoms with Crippen LogP contribution in [0.3, 0.4) is 0 Å². The Labute approximate surface area is 217 Å². The first-order chi connectivity index (χ1) is 17.4. The molecule has 0 aromatic heterocycles. The fourth-order valence-corrected chi connectivity index (χ4v) is 3.95. The molecule has 7 nitrogen and oxygen atoms in total. The van der Waals surface area contributed by atoms with Crippen LogP contribution in [0.25, 0.3) is 6.08 Å². The van der Waals surface area contributed by atoms with Gasteiger partial charge in [-0.2, -0.15) is 0 Å². The molecule has 1 aliphatic rings. The molecule has 1 N–H and O–H groups in total. The van der Waals surface area contributed by atoms with Crippen molar-refractivity contribution in [1.29, 1.82) is 0 Å². The first-order valence-electron chi connectivity index (χ1n) is 11.5. The molecule has 184 valence electrons. The Morgan fingerprint density at radius 2 is 1.67 bits per heavy atom. The van der Waals surface area contributed by atoms with Crippen molar-refractivity contribution in [2.24, 2.45) is 0 Å². The van der Waals surface area contributed by atoms with E-state index >= 15 is 0 Å². The number of rotatable bonds is 8. The summed E-state index contributed by atoms with van der Waals surface area (Å²) in [6, 6.07) is 19.0. The molecule has 1 fully saturated rings. The average Bonchev–Trinajstić information content (AvgIpc) is 2.86. The predicted octanol–water partition coefficient (Wildman–Crippen LogP) is 5.79. The number of halogens is 1. The van der Waals surface area contributed by atoms with Crippen molar-refractivity contribution in [2.45, 2.75) is 26.9 Å². The Bertz CT molecular complexity index is 1320. The van der Waals surface area contributed by atoms with E-state index in [1.165, 1.54) is 6.08 Å². The van der Waals surface area contributed by atoms with Crippen LogP contribution < -0.4 is 19.7 Å². The maximum Gasteiger partial charge on any atom is 0.335 e.